The van der Waals surface area contributed by atoms with Crippen LogP contribution in [0.15, 0.2) is 36.3 Å². The first kappa shape index (κ1) is 10.5. The monoisotopic (exact) mass is 220 g/mol. The minimum Gasteiger partial charge on any atom is -0.465 e. The lowest BCUT2D eigenvalue weighted by Crippen LogP contribution is -2.08. The van der Waals surface area contributed by atoms with Gasteiger partial charge in [-0.2, -0.15) is 0 Å². The molecule has 0 bridgehead atoms. The Kier molecular flexibility index (Phi) is 2.76. The summed E-state index contributed by atoms with van der Waals surface area (Å²) in [6.45, 7) is 2.56. The van der Waals surface area contributed by atoms with Crippen molar-refractivity contribution in [3.05, 3.63) is 57.6 Å². The summed E-state index contributed by atoms with van der Waals surface area (Å²) in [6.07, 6.45) is 0.696. The summed E-state index contributed by atoms with van der Waals surface area (Å²) < 4.78 is 5.42. The number of rotatable bonds is 2. The van der Waals surface area contributed by atoms with E-state index in [-0.39, 0.29) is 12.0 Å². The summed E-state index contributed by atoms with van der Waals surface area (Å²) in [5.74, 6) is 0.219. The van der Waals surface area contributed by atoms with Gasteiger partial charge in [-0.1, -0.05) is 29.8 Å². The number of benzene rings is 1. The molecule has 0 saturated carbocycles. The molecule has 1 unspecified atom stereocenters. The SMILES string of the molecule is Cc1cccc(C2CN/C(=C\[N+](=O)[O-])O2)c1. The molecule has 0 radical (unpaired) electrons. The van der Waals surface area contributed by atoms with Crippen molar-refractivity contribution in [1.82, 2.24) is 5.32 Å². The fourth-order valence-corrected chi connectivity index (χ4v) is 1.66. The first-order valence-corrected chi connectivity index (χ1v) is 4.97. The Labute approximate surface area is 92.9 Å². The predicted octanol–water partition coefficient (Wildman–Crippen LogP) is 1.73. The van der Waals surface area contributed by atoms with Crippen molar-refractivity contribution < 1.29 is 9.66 Å². The molecule has 0 aliphatic carbocycles. The molecule has 1 saturated heterocycles. The molecule has 16 heavy (non-hydrogen) atoms. The Balaban J connectivity index is 2.12. The fourth-order valence-electron chi connectivity index (χ4n) is 1.66. The number of nitrogens with one attached hydrogen (secondary N) is 1. The van der Waals surface area contributed by atoms with Crippen LogP contribution in [-0.2, 0) is 4.74 Å². The average Bonchev–Trinajstić information content (AvgIpc) is 2.65. The van der Waals surface area contributed by atoms with E-state index in [0.29, 0.717) is 6.54 Å². The number of hydrogen-bond acceptors (Lipinski definition) is 4. The molecule has 2 rings (SSSR count). The zero-order valence-corrected chi connectivity index (χ0v) is 8.84. The van der Waals surface area contributed by atoms with Gasteiger partial charge in [0.15, 0.2) is 0 Å². The maximum Gasteiger partial charge on any atom is 0.293 e. The average molecular weight is 220 g/mol. The van der Waals surface area contributed by atoms with Gasteiger partial charge in [0.1, 0.15) is 6.10 Å². The van der Waals surface area contributed by atoms with Gasteiger partial charge in [-0.05, 0) is 12.5 Å². The zero-order chi connectivity index (χ0) is 11.5. The van der Waals surface area contributed by atoms with Gasteiger partial charge in [-0.15, -0.1) is 0 Å². The molecule has 5 nitrogen and oxygen atoms in total. The summed E-state index contributed by atoms with van der Waals surface area (Å²) >= 11 is 0. The van der Waals surface area contributed by atoms with Crippen LogP contribution in [0.25, 0.3) is 0 Å². The zero-order valence-electron chi connectivity index (χ0n) is 8.84. The van der Waals surface area contributed by atoms with E-state index in [2.05, 4.69) is 5.32 Å². The number of aryl methyl sites for hydroxylation is 1. The van der Waals surface area contributed by atoms with Gasteiger partial charge in [0.25, 0.3) is 12.1 Å². The molecule has 1 aliphatic heterocycles. The van der Waals surface area contributed by atoms with E-state index >= 15 is 0 Å². The Morgan fingerprint density at radius 1 is 1.62 bits per heavy atom. The number of hydrogen-bond donors (Lipinski definition) is 1. The van der Waals surface area contributed by atoms with Crippen molar-refractivity contribution in [2.24, 2.45) is 0 Å². The number of ether oxygens (including phenoxy) is 1. The highest BCUT2D eigenvalue weighted by Crippen LogP contribution is 2.24. The van der Waals surface area contributed by atoms with Crippen LogP contribution < -0.4 is 5.32 Å². The Morgan fingerprint density at radius 3 is 3.12 bits per heavy atom. The second-order valence-electron chi connectivity index (χ2n) is 3.68. The molecule has 1 fully saturated rings. The highest BCUT2D eigenvalue weighted by molar-refractivity contribution is 5.25. The van der Waals surface area contributed by atoms with Crippen molar-refractivity contribution >= 4 is 0 Å². The van der Waals surface area contributed by atoms with Gasteiger partial charge in [-0.25, -0.2) is 0 Å². The first-order chi connectivity index (χ1) is 7.65. The first-order valence-electron chi connectivity index (χ1n) is 4.97. The van der Waals surface area contributed by atoms with E-state index in [9.17, 15) is 10.1 Å². The molecule has 84 valence electrons. The molecule has 0 spiro atoms. The third kappa shape index (κ3) is 2.31. The minimum atomic E-state index is -0.527. The van der Waals surface area contributed by atoms with E-state index in [1.165, 1.54) is 0 Å². The standard InChI is InChI=1S/C11H12N2O3/c1-8-3-2-4-9(5-8)10-6-12-11(16-10)7-13(14)15/h2-5,7,10,12H,6H2,1H3/b11-7+. The topological polar surface area (TPSA) is 64.4 Å². The quantitative estimate of drug-likeness (QED) is 0.609. The van der Waals surface area contributed by atoms with Gasteiger partial charge in [0, 0.05) is 0 Å². The van der Waals surface area contributed by atoms with Gasteiger partial charge in [0.2, 0.25) is 0 Å². The molecule has 1 aromatic rings. The molecule has 0 aromatic heterocycles. The lowest BCUT2D eigenvalue weighted by Gasteiger charge is -2.08. The normalized spacial score (nSPS) is 21.6. The highest BCUT2D eigenvalue weighted by atomic mass is 16.6. The van der Waals surface area contributed by atoms with E-state index in [4.69, 9.17) is 4.74 Å². The van der Waals surface area contributed by atoms with Crippen LogP contribution in [0.1, 0.15) is 17.2 Å². The van der Waals surface area contributed by atoms with Crippen LogP contribution in [0.5, 0.6) is 0 Å². The van der Waals surface area contributed by atoms with Crippen LogP contribution in [-0.4, -0.2) is 11.5 Å². The van der Waals surface area contributed by atoms with Crippen molar-refractivity contribution in [3.63, 3.8) is 0 Å². The van der Waals surface area contributed by atoms with Gasteiger partial charge < -0.3 is 10.1 Å². The molecule has 1 aliphatic rings. The molecule has 1 heterocycles. The van der Waals surface area contributed by atoms with Crippen LogP contribution in [0.2, 0.25) is 0 Å². The van der Waals surface area contributed by atoms with Crippen molar-refractivity contribution in [3.8, 4) is 0 Å². The molecule has 0 amide bonds. The minimum absolute atomic E-state index is 0.147. The maximum atomic E-state index is 10.3. The Hall–Kier alpha value is -2.04. The largest absolute Gasteiger partial charge is 0.465 e. The second-order valence-corrected chi connectivity index (χ2v) is 3.68. The van der Waals surface area contributed by atoms with E-state index in [1.54, 1.807) is 0 Å². The van der Waals surface area contributed by atoms with Gasteiger partial charge in [0.05, 0.1) is 11.5 Å². The molecule has 1 aromatic carbocycles. The summed E-state index contributed by atoms with van der Waals surface area (Å²) in [6, 6.07) is 7.92. The fraction of sp³-hybridized carbons (Fsp3) is 0.273. The summed E-state index contributed by atoms with van der Waals surface area (Å²) in [4.78, 5) is 9.73. The van der Waals surface area contributed by atoms with E-state index < -0.39 is 4.92 Å². The molecular weight excluding hydrogens is 208 g/mol. The maximum absolute atomic E-state index is 10.3. The van der Waals surface area contributed by atoms with Crippen LogP contribution in [0.3, 0.4) is 0 Å². The smallest absolute Gasteiger partial charge is 0.293 e. The third-order valence-corrected chi connectivity index (χ3v) is 2.37. The predicted molar refractivity (Wildman–Crippen MR) is 58.1 cm³/mol. The second kappa shape index (κ2) is 4.22. The Bertz CT molecular complexity index is 443. The summed E-state index contributed by atoms with van der Waals surface area (Å²) in [5.41, 5.74) is 2.17. The molecular formula is C11H12N2O3. The Morgan fingerprint density at radius 2 is 2.44 bits per heavy atom. The van der Waals surface area contributed by atoms with E-state index in [0.717, 1.165) is 17.3 Å². The van der Waals surface area contributed by atoms with Gasteiger partial charge in [-0.3, -0.25) is 10.1 Å². The number of nitro groups is 1. The van der Waals surface area contributed by atoms with E-state index in [1.807, 2.05) is 31.2 Å². The summed E-state index contributed by atoms with van der Waals surface area (Å²) in [7, 11) is 0. The van der Waals surface area contributed by atoms with Crippen LogP contribution in [0, 0.1) is 17.0 Å². The molecule has 1 N–H and O–H groups in total. The van der Waals surface area contributed by atoms with Crippen molar-refractivity contribution in [2.75, 3.05) is 6.54 Å². The lowest BCUT2D eigenvalue weighted by molar-refractivity contribution is -0.405. The lowest BCUT2D eigenvalue weighted by atomic mass is 10.1. The highest BCUT2D eigenvalue weighted by Gasteiger charge is 2.23. The van der Waals surface area contributed by atoms with Crippen molar-refractivity contribution in [1.29, 1.82) is 0 Å². The molecule has 5 heteroatoms. The molecule has 1 atom stereocenters. The van der Waals surface area contributed by atoms with Gasteiger partial charge >= 0.3 is 0 Å². The summed E-state index contributed by atoms with van der Waals surface area (Å²) in [5, 5.41) is 13.1. The number of nitrogens with zero attached hydrogens (tertiary/aromatic N) is 1. The third-order valence-electron chi connectivity index (χ3n) is 2.37. The van der Waals surface area contributed by atoms with Crippen molar-refractivity contribution in [2.45, 2.75) is 13.0 Å². The van der Waals surface area contributed by atoms with Crippen LogP contribution in [0.4, 0.5) is 0 Å². The van der Waals surface area contributed by atoms with Crippen LogP contribution >= 0.6 is 0 Å².